The van der Waals surface area contributed by atoms with Gasteiger partial charge in [-0.2, -0.15) is 12.6 Å². The fourth-order valence-corrected chi connectivity index (χ4v) is 3.99. The SMILES string of the molecule is NC(=O)C[C@H](N)C(=O)N[C@@H](CS)C(=O)N1CCC[C@H]1C(=O)N1CCC[C@H]1C(=O)O. The lowest BCUT2D eigenvalue weighted by molar-refractivity contribution is -0.152. The number of nitrogens with two attached hydrogens (primary N) is 2. The van der Waals surface area contributed by atoms with Gasteiger partial charge in [-0.3, -0.25) is 19.2 Å². The van der Waals surface area contributed by atoms with Crippen molar-refractivity contribution in [2.24, 2.45) is 11.5 Å². The van der Waals surface area contributed by atoms with Crippen molar-refractivity contribution >= 4 is 42.2 Å². The third kappa shape index (κ3) is 5.38. The summed E-state index contributed by atoms with van der Waals surface area (Å²) in [7, 11) is 0. The second-order valence-corrected chi connectivity index (χ2v) is 7.60. The van der Waals surface area contributed by atoms with E-state index in [1.54, 1.807) is 0 Å². The molecule has 11 nitrogen and oxygen atoms in total. The van der Waals surface area contributed by atoms with E-state index in [-0.39, 0.29) is 12.2 Å². The van der Waals surface area contributed by atoms with Crippen molar-refractivity contribution in [2.45, 2.75) is 56.3 Å². The monoisotopic (exact) mass is 429 g/mol. The summed E-state index contributed by atoms with van der Waals surface area (Å²) in [5, 5.41) is 11.8. The molecule has 0 spiro atoms. The highest BCUT2D eigenvalue weighted by atomic mass is 32.1. The predicted octanol–water partition coefficient (Wildman–Crippen LogP) is -2.33. The molecule has 2 saturated heterocycles. The summed E-state index contributed by atoms with van der Waals surface area (Å²) in [6.07, 6.45) is 1.62. The Morgan fingerprint density at radius 2 is 1.66 bits per heavy atom. The Bertz CT molecular complexity index is 689. The van der Waals surface area contributed by atoms with Crippen LogP contribution >= 0.6 is 12.6 Å². The van der Waals surface area contributed by atoms with Crippen molar-refractivity contribution in [2.75, 3.05) is 18.8 Å². The van der Waals surface area contributed by atoms with Crippen LogP contribution in [-0.4, -0.2) is 87.5 Å². The van der Waals surface area contributed by atoms with Gasteiger partial charge < -0.3 is 31.7 Å². The largest absolute Gasteiger partial charge is 0.480 e. The lowest BCUT2D eigenvalue weighted by Gasteiger charge is -2.32. The highest BCUT2D eigenvalue weighted by Crippen LogP contribution is 2.25. The van der Waals surface area contributed by atoms with Crippen LogP contribution in [0.1, 0.15) is 32.1 Å². The molecule has 12 heteroatoms. The number of likely N-dealkylation sites (tertiary alicyclic amines) is 2. The van der Waals surface area contributed by atoms with Gasteiger partial charge in [-0.05, 0) is 25.7 Å². The van der Waals surface area contributed by atoms with Crippen LogP contribution in [0.5, 0.6) is 0 Å². The number of carboxylic acid groups (broad SMARTS) is 1. The first-order valence-electron chi connectivity index (χ1n) is 9.46. The second kappa shape index (κ2) is 9.92. The molecule has 0 bridgehead atoms. The molecule has 0 aromatic rings. The topological polar surface area (TPSA) is 176 Å². The standard InChI is InChI=1S/C17H27N5O6S/c18-9(7-13(19)23)14(24)20-10(8-29)15(25)21-5-1-3-11(21)16(26)22-6-2-4-12(22)17(27)28/h9-12,29H,1-8,18H2,(H2,19,23)(H,20,24)(H,27,28)/t9-,10-,11-,12-/m0/s1. The molecule has 2 aliphatic heterocycles. The molecule has 2 fully saturated rings. The van der Waals surface area contributed by atoms with E-state index in [2.05, 4.69) is 17.9 Å². The predicted molar refractivity (Wildman–Crippen MR) is 105 cm³/mol. The maximum Gasteiger partial charge on any atom is 0.326 e. The second-order valence-electron chi connectivity index (χ2n) is 7.24. The highest BCUT2D eigenvalue weighted by molar-refractivity contribution is 7.80. The van der Waals surface area contributed by atoms with Crippen LogP contribution in [-0.2, 0) is 24.0 Å². The van der Waals surface area contributed by atoms with Crippen molar-refractivity contribution in [1.29, 1.82) is 0 Å². The number of nitrogens with one attached hydrogen (secondary N) is 1. The first-order chi connectivity index (χ1) is 13.7. The summed E-state index contributed by atoms with van der Waals surface area (Å²) in [6, 6.07) is -3.89. The van der Waals surface area contributed by atoms with E-state index in [1.807, 2.05) is 0 Å². The zero-order valence-electron chi connectivity index (χ0n) is 16.0. The Hall–Kier alpha value is -2.34. The van der Waals surface area contributed by atoms with Gasteiger partial charge in [0.1, 0.15) is 18.1 Å². The van der Waals surface area contributed by atoms with E-state index < -0.39 is 53.8 Å². The molecular formula is C17H27N5O6S. The summed E-state index contributed by atoms with van der Waals surface area (Å²) >= 11 is 4.10. The normalized spacial score (nSPS) is 23.5. The lowest BCUT2D eigenvalue weighted by Crippen LogP contribution is -2.57. The molecule has 0 unspecified atom stereocenters. The Morgan fingerprint density at radius 1 is 1.07 bits per heavy atom. The molecule has 0 aromatic carbocycles. The molecule has 29 heavy (non-hydrogen) atoms. The van der Waals surface area contributed by atoms with E-state index in [4.69, 9.17) is 11.5 Å². The summed E-state index contributed by atoms with van der Waals surface area (Å²) < 4.78 is 0. The van der Waals surface area contributed by atoms with Crippen LogP contribution in [0.15, 0.2) is 0 Å². The Balaban J connectivity index is 2.07. The van der Waals surface area contributed by atoms with Gasteiger partial charge in [0.25, 0.3) is 0 Å². The van der Waals surface area contributed by atoms with Crippen LogP contribution in [0.4, 0.5) is 0 Å². The van der Waals surface area contributed by atoms with Crippen LogP contribution in [0, 0.1) is 0 Å². The van der Waals surface area contributed by atoms with E-state index >= 15 is 0 Å². The minimum absolute atomic E-state index is 0.0350. The highest BCUT2D eigenvalue weighted by Gasteiger charge is 2.43. The van der Waals surface area contributed by atoms with Gasteiger partial charge in [-0.25, -0.2) is 4.79 Å². The van der Waals surface area contributed by atoms with Crippen molar-refractivity contribution in [3.05, 3.63) is 0 Å². The molecule has 2 aliphatic rings. The molecular weight excluding hydrogens is 402 g/mol. The van der Waals surface area contributed by atoms with E-state index in [0.717, 1.165) is 0 Å². The maximum absolute atomic E-state index is 12.9. The van der Waals surface area contributed by atoms with Gasteiger partial charge in [0.15, 0.2) is 0 Å². The van der Waals surface area contributed by atoms with Crippen molar-refractivity contribution in [3.63, 3.8) is 0 Å². The molecule has 4 amide bonds. The number of aliphatic carboxylic acids is 1. The molecule has 0 radical (unpaired) electrons. The fraction of sp³-hybridized carbons (Fsp3) is 0.706. The van der Waals surface area contributed by atoms with E-state index in [9.17, 15) is 29.1 Å². The minimum Gasteiger partial charge on any atom is -0.480 e. The van der Waals surface area contributed by atoms with Crippen LogP contribution in [0.2, 0.25) is 0 Å². The zero-order chi connectivity index (χ0) is 21.7. The molecule has 2 rings (SSSR count). The number of carboxylic acids is 1. The average molecular weight is 429 g/mol. The summed E-state index contributed by atoms with van der Waals surface area (Å²) in [4.78, 5) is 63.0. The third-order valence-corrected chi connectivity index (χ3v) is 5.56. The minimum atomic E-state index is -1.19. The smallest absolute Gasteiger partial charge is 0.326 e. The molecule has 0 aromatic heterocycles. The van der Waals surface area contributed by atoms with Gasteiger partial charge in [-0.1, -0.05) is 0 Å². The third-order valence-electron chi connectivity index (χ3n) is 5.20. The van der Waals surface area contributed by atoms with Gasteiger partial charge in [-0.15, -0.1) is 0 Å². The van der Waals surface area contributed by atoms with Crippen molar-refractivity contribution < 1.29 is 29.1 Å². The molecule has 162 valence electrons. The number of primary amides is 1. The number of thiol groups is 1. The molecule has 6 N–H and O–H groups in total. The number of carbonyl (C=O) groups excluding carboxylic acids is 4. The van der Waals surface area contributed by atoms with Crippen molar-refractivity contribution in [3.8, 4) is 0 Å². The summed E-state index contributed by atoms with van der Waals surface area (Å²) in [5.41, 5.74) is 10.6. The molecule has 2 heterocycles. The maximum atomic E-state index is 12.9. The number of hydrogen-bond donors (Lipinski definition) is 5. The number of nitrogens with zero attached hydrogens (tertiary/aromatic N) is 2. The number of amides is 4. The Kier molecular flexibility index (Phi) is 7.85. The van der Waals surface area contributed by atoms with Crippen LogP contribution < -0.4 is 16.8 Å². The van der Waals surface area contributed by atoms with Gasteiger partial charge in [0, 0.05) is 18.8 Å². The summed E-state index contributed by atoms with van der Waals surface area (Å²) in [5.74, 6) is -3.45. The lowest BCUT2D eigenvalue weighted by atomic mass is 10.1. The average Bonchev–Trinajstić information content (AvgIpc) is 3.33. The summed E-state index contributed by atoms with van der Waals surface area (Å²) in [6.45, 7) is 0.650. The first-order valence-corrected chi connectivity index (χ1v) is 10.1. The van der Waals surface area contributed by atoms with Crippen LogP contribution in [0.25, 0.3) is 0 Å². The number of hydrogen-bond acceptors (Lipinski definition) is 7. The van der Waals surface area contributed by atoms with Crippen molar-refractivity contribution in [1.82, 2.24) is 15.1 Å². The first kappa shape index (κ1) is 22.9. The fourth-order valence-electron chi connectivity index (χ4n) is 3.74. The van der Waals surface area contributed by atoms with Crippen LogP contribution in [0.3, 0.4) is 0 Å². The Morgan fingerprint density at radius 3 is 2.21 bits per heavy atom. The van der Waals surface area contributed by atoms with E-state index in [0.29, 0.717) is 38.8 Å². The molecule has 0 saturated carbocycles. The number of carbonyl (C=O) groups is 5. The zero-order valence-corrected chi connectivity index (χ0v) is 16.8. The van der Waals surface area contributed by atoms with E-state index in [1.165, 1.54) is 9.80 Å². The van der Waals surface area contributed by atoms with Gasteiger partial charge in [0.2, 0.25) is 23.6 Å². The van der Waals surface area contributed by atoms with Gasteiger partial charge in [0.05, 0.1) is 12.5 Å². The Labute approximate surface area is 173 Å². The quantitative estimate of drug-likeness (QED) is 0.269. The molecule has 4 atom stereocenters. The molecule has 0 aliphatic carbocycles. The number of rotatable bonds is 8. The van der Waals surface area contributed by atoms with Gasteiger partial charge >= 0.3 is 5.97 Å².